The van der Waals surface area contributed by atoms with Crippen LogP contribution in [0.2, 0.25) is 0 Å². The second-order valence-electron chi connectivity index (χ2n) is 8.07. The summed E-state index contributed by atoms with van der Waals surface area (Å²) in [6.07, 6.45) is 14.5. The van der Waals surface area contributed by atoms with E-state index in [1.54, 1.807) is 6.92 Å². The summed E-state index contributed by atoms with van der Waals surface area (Å²) in [6.45, 7) is 5.96. The molecule has 0 aliphatic heterocycles. The topological polar surface area (TPSA) is 98.5 Å². The molecule has 2 atom stereocenters. The number of unbranched alkanes of at least 4 members (excludes halogenated alkanes) is 10. The molecule has 0 saturated heterocycles. The minimum Gasteiger partial charge on any atom is -0.461 e. The van der Waals surface area contributed by atoms with E-state index >= 15 is 0 Å². The van der Waals surface area contributed by atoms with Crippen LogP contribution in [-0.2, 0) is 19.1 Å². The number of amides is 2. The smallest absolute Gasteiger partial charge is 0.328 e. The van der Waals surface area contributed by atoms with Crippen molar-refractivity contribution in [2.45, 2.75) is 129 Å². The van der Waals surface area contributed by atoms with E-state index in [4.69, 9.17) is 10.5 Å². The molecular weight excluding hydrogens is 368 g/mol. The van der Waals surface area contributed by atoms with E-state index < -0.39 is 17.9 Å². The minimum absolute atomic E-state index is 0.0407. The van der Waals surface area contributed by atoms with Gasteiger partial charge in [-0.3, -0.25) is 9.59 Å². The van der Waals surface area contributed by atoms with Gasteiger partial charge >= 0.3 is 5.97 Å². The zero-order valence-electron chi connectivity index (χ0n) is 19.0. The first-order valence-electron chi connectivity index (χ1n) is 11.7. The number of hydrogen-bond acceptors (Lipinski definition) is 4. The van der Waals surface area contributed by atoms with Crippen LogP contribution in [0.3, 0.4) is 0 Å². The largest absolute Gasteiger partial charge is 0.461 e. The summed E-state index contributed by atoms with van der Waals surface area (Å²) >= 11 is 0. The lowest BCUT2D eigenvalue weighted by Gasteiger charge is -2.19. The van der Waals surface area contributed by atoms with Crippen molar-refractivity contribution < 1.29 is 19.1 Å². The van der Waals surface area contributed by atoms with Crippen LogP contribution in [-0.4, -0.2) is 29.9 Å². The molecule has 1 unspecified atom stereocenters. The van der Waals surface area contributed by atoms with Gasteiger partial charge in [0, 0.05) is 12.8 Å². The summed E-state index contributed by atoms with van der Waals surface area (Å²) in [7, 11) is 0. The van der Waals surface area contributed by atoms with Crippen LogP contribution in [0.1, 0.15) is 117 Å². The van der Waals surface area contributed by atoms with E-state index in [0.717, 1.165) is 19.3 Å². The third kappa shape index (κ3) is 17.0. The van der Waals surface area contributed by atoms with Crippen LogP contribution in [0.5, 0.6) is 0 Å². The molecule has 0 spiro atoms. The minimum atomic E-state index is -0.809. The van der Waals surface area contributed by atoms with Crippen molar-refractivity contribution in [3.8, 4) is 0 Å². The number of hydrogen-bond donors (Lipinski definition) is 2. The van der Waals surface area contributed by atoms with Crippen molar-refractivity contribution in [3.63, 3.8) is 0 Å². The molecule has 0 aromatic carbocycles. The zero-order chi connectivity index (χ0) is 21.9. The maximum Gasteiger partial charge on any atom is 0.328 e. The summed E-state index contributed by atoms with van der Waals surface area (Å²) in [5.74, 6) is -1.16. The maximum atomic E-state index is 12.2. The summed E-state index contributed by atoms with van der Waals surface area (Å²) in [5, 5.41) is 2.72. The lowest BCUT2D eigenvalue weighted by Crippen LogP contribution is -2.43. The number of carbonyl (C=O) groups is 3. The fourth-order valence-electron chi connectivity index (χ4n) is 3.12. The van der Waals surface area contributed by atoms with Crippen molar-refractivity contribution >= 4 is 17.8 Å². The quantitative estimate of drug-likeness (QED) is 0.236. The van der Waals surface area contributed by atoms with Crippen molar-refractivity contribution in [1.82, 2.24) is 5.32 Å². The van der Waals surface area contributed by atoms with E-state index in [1.165, 1.54) is 51.4 Å². The molecule has 0 rings (SSSR count). The Bertz CT molecular complexity index is 454. The molecular formula is C23H44N2O4. The predicted molar refractivity (Wildman–Crippen MR) is 117 cm³/mol. The number of esters is 1. The number of rotatable bonds is 19. The van der Waals surface area contributed by atoms with Gasteiger partial charge in [0.15, 0.2) is 0 Å². The lowest BCUT2D eigenvalue weighted by molar-refractivity contribution is -0.152. The first-order valence-corrected chi connectivity index (χ1v) is 11.7. The van der Waals surface area contributed by atoms with E-state index in [1.807, 2.05) is 6.92 Å². The molecule has 0 aromatic rings. The number of nitrogens with two attached hydrogens (primary N) is 1. The second-order valence-corrected chi connectivity index (χ2v) is 8.07. The highest BCUT2D eigenvalue weighted by Crippen LogP contribution is 2.12. The Balaban J connectivity index is 3.97. The van der Waals surface area contributed by atoms with E-state index in [0.29, 0.717) is 12.8 Å². The van der Waals surface area contributed by atoms with Gasteiger partial charge in [0.05, 0.1) is 6.10 Å². The van der Waals surface area contributed by atoms with Gasteiger partial charge in [0.1, 0.15) is 6.04 Å². The standard InChI is InChI=1S/C23H44N2O4/c1-4-6-7-8-9-10-11-12-13-14-15-16-22(27)25-20(17-18-21(24)26)23(28)29-19(3)5-2/h19-20H,4-18H2,1-3H3,(H2,24,26)(H,25,27)/t19?,20-/m0/s1. The van der Waals surface area contributed by atoms with Gasteiger partial charge in [-0.15, -0.1) is 0 Å². The van der Waals surface area contributed by atoms with Crippen molar-refractivity contribution in [2.75, 3.05) is 0 Å². The number of carbonyl (C=O) groups excluding carboxylic acids is 3. The molecule has 2 amide bonds. The van der Waals surface area contributed by atoms with Crippen molar-refractivity contribution in [1.29, 1.82) is 0 Å². The molecule has 0 fully saturated rings. The Kier molecular flexibility index (Phi) is 17.4. The summed E-state index contributed by atoms with van der Waals surface area (Å²) in [4.78, 5) is 35.4. The number of primary amides is 1. The van der Waals surface area contributed by atoms with Gasteiger partial charge in [0.25, 0.3) is 0 Å². The van der Waals surface area contributed by atoms with Gasteiger partial charge in [-0.05, 0) is 26.2 Å². The Morgan fingerprint density at radius 1 is 0.828 bits per heavy atom. The van der Waals surface area contributed by atoms with Crippen molar-refractivity contribution in [3.05, 3.63) is 0 Å². The molecule has 0 aromatic heterocycles. The predicted octanol–water partition coefficient (Wildman–Crippen LogP) is 4.78. The monoisotopic (exact) mass is 412 g/mol. The molecule has 0 aliphatic carbocycles. The highest BCUT2D eigenvalue weighted by atomic mass is 16.5. The van der Waals surface area contributed by atoms with Crippen LogP contribution < -0.4 is 11.1 Å². The first-order chi connectivity index (χ1) is 13.9. The summed E-state index contributed by atoms with van der Waals surface area (Å²) in [5.41, 5.74) is 5.17. The third-order valence-corrected chi connectivity index (χ3v) is 5.20. The average molecular weight is 413 g/mol. The average Bonchev–Trinajstić information content (AvgIpc) is 2.68. The van der Waals surface area contributed by atoms with Crippen LogP contribution in [0.15, 0.2) is 0 Å². The molecule has 6 heteroatoms. The fraction of sp³-hybridized carbons (Fsp3) is 0.870. The molecule has 0 radical (unpaired) electrons. The number of nitrogens with one attached hydrogen (secondary N) is 1. The van der Waals surface area contributed by atoms with Gasteiger partial charge in [-0.25, -0.2) is 4.79 Å². The van der Waals surface area contributed by atoms with Crippen LogP contribution in [0.25, 0.3) is 0 Å². The summed E-state index contributed by atoms with van der Waals surface area (Å²) in [6, 6.07) is -0.809. The molecule has 0 aliphatic rings. The molecule has 170 valence electrons. The highest BCUT2D eigenvalue weighted by molar-refractivity contribution is 5.85. The molecule has 0 bridgehead atoms. The first kappa shape index (κ1) is 27.4. The van der Waals surface area contributed by atoms with Gasteiger partial charge in [-0.1, -0.05) is 78.1 Å². The van der Waals surface area contributed by atoms with Gasteiger partial charge < -0.3 is 15.8 Å². The van der Waals surface area contributed by atoms with E-state index in [2.05, 4.69) is 12.2 Å². The Labute approximate surface area is 177 Å². The van der Waals surface area contributed by atoms with Crippen LogP contribution >= 0.6 is 0 Å². The molecule has 6 nitrogen and oxygen atoms in total. The second kappa shape index (κ2) is 18.4. The fourth-order valence-corrected chi connectivity index (χ4v) is 3.12. The van der Waals surface area contributed by atoms with Crippen LogP contribution in [0, 0.1) is 0 Å². The maximum absolute atomic E-state index is 12.2. The Morgan fingerprint density at radius 2 is 1.34 bits per heavy atom. The Morgan fingerprint density at radius 3 is 1.83 bits per heavy atom. The lowest BCUT2D eigenvalue weighted by atomic mass is 10.0. The normalized spacial score (nSPS) is 12.9. The van der Waals surface area contributed by atoms with E-state index in [-0.39, 0.29) is 24.9 Å². The molecule has 3 N–H and O–H groups in total. The highest BCUT2D eigenvalue weighted by Gasteiger charge is 2.24. The van der Waals surface area contributed by atoms with Crippen molar-refractivity contribution in [2.24, 2.45) is 5.73 Å². The van der Waals surface area contributed by atoms with Gasteiger partial charge in [0.2, 0.25) is 11.8 Å². The molecule has 0 saturated carbocycles. The Hall–Kier alpha value is -1.59. The third-order valence-electron chi connectivity index (χ3n) is 5.20. The van der Waals surface area contributed by atoms with Crippen LogP contribution in [0.4, 0.5) is 0 Å². The zero-order valence-corrected chi connectivity index (χ0v) is 19.0. The number of ether oxygens (including phenoxy) is 1. The SMILES string of the molecule is CCCCCCCCCCCCCC(=O)N[C@@H](CCC(N)=O)C(=O)OC(C)CC. The molecule has 29 heavy (non-hydrogen) atoms. The van der Waals surface area contributed by atoms with E-state index in [9.17, 15) is 14.4 Å². The van der Waals surface area contributed by atoms with Gasteiger partial charge in [-0.2, -0.15) is 0 Å². The summed E-state index contributed by atoms with van der Waals surface area (Å²) < 4.78 is 5.30. The molecule has 0 heterocycles.